The number of likely N-dealkylation sites (tertiary alicyclic amines) is 1. The molecule has 24 heavy (non-hydrogen) atoms. The zero-order valence-corrected chi connectivity index (χ0v) is 14.7. The Kier molecular flexibility index (Phi) is 4.99. The number of piperidine rings is 1. The van der Waals surface area contributed by atoms with Crippen molar-refractivity contribution in [3.05, 3.63) is 18.2 Å². The first-order valence-electron chi connectivity index (χ1n) is 8.18. The Bertz CT molecular complexity index is 759. The van der Waals surface area contributed by atoms with Crippen LogP contribution in [0.25, 0.3) is 10.2 Å². The number of fused-ring (bicyclic) bond motifs is 1. The number of ether oxygens (including phenoxy) is 1. The summed E-state index contributed by atoms with van der Waals surface area (Å²) in [5.74, 6) is 0.556. The van der Waals surface area contributed by atoms with Gasteiger partial charge in [0.15, 0.2) is 5.13 Å². The molecule has 0 aliphatic carbocycles. The number of thiazole rings is 1. The summed E-state index contributed by atoms with van der Waals surface area (Å²) < 4.78 is 6.26. The molecule has 0 radical (unpaired) electrons. The third-order valence-electron chi connectivity index (χ3n) is 4.26. The van der Waals surface area contributed by atoms with Gasteiger partial charge in [-0.05, 0) is 31.4 Å². The fourth-order valence-corrected chi connectivity index (χ4v) is 3.92. The van der Waals surface area contributed by atoms with E-state index in [1.165, 1.54) is 11.3 Å². The van der Waals surface area contributed by atoms with Gasteiger partial charge in [-0.25, -0.2) is 4.98 Å². The fourth-order valence-electron chi connectivity index (χ4n) is 3.04. The number of hydrogen-bond acceptors (Lipinski definition) is 5. The van der Waals surface area contributed by atoms with Gasteiger partial charge in [0.25, 0.3) is 0 Å². The van der Waals surface area contributed by atoms with Crippen LogP contribution in [-0.4, -0.2) is 41.4 Å². The Labute approximate surface area is 144 Å². The van der Waals surface area contributed by atoms with Crippen molar-refractivity contribution in [2.75, 3.05) is 19.0 Å². The van der Waals surface area contributed by atoms with E-state index in [0.717, 1.165) is 23.1 Å². The van der Waals surface area contributed by atoms with Gasteiger partial charge in [-0.1, -0.05) is 24.3 Å². The minimum absolute atomic E-state index is 0.0285. The van der Waals surface area contributed by atoms with Crippen LogP contribution < -0.4 is 10.1 Å². The molecule has 1 fully saturated rings. The average molecular weight is 347 g/mol. The van der Waals surface area contributed by atoms with Gasteiger partial charge in [-0.3, -0.25) is 9.59 Å². The number of hydrogen-bond donors (Lipinski definition) is 1. The number of aromatic nitrogens is 1. The molecule has 0 spiro atoms. The summed E-state index contributed by atoms with van der Waals surface area (Å²) in [4.78, 5) is 30.9. The monoisotopic (exact) mass is 347 g/mol. The van der Waals surface area contributed by atoms with E-state index in [9.17, 15) is 9.59 Å². The molecule has 128 valence electrons. The van der Waals surface area contributed by atoms with Gasteiger partial charge >= 0.3 is 0 Å². The van der Waals surface area contributed by atoms with E-state index in [1.807, 2.05) is 25.1 Å². The molecule has 1 saturated heterocycles. The summed E-state index contributed by atoms with van der Waals surface area (Å²) in [6.45, 7) is 2.48. The maximum Gasteiger partial charge on any atom is 0.248 e. The second-order valence-electron chi connectivity index (χ2n) is 5.77. The van der Waals surface area contributed by atoms with Gasteiger partial charge in [0.2, 0.25) is 11.8 Å². The van der Waals surface area contributed by atoms with Gasteiger partial charge in [0.05, 0.1) is 11.8 Å². The van der Waals surface area contributed by atoms with Gasteiger partial charge in [0, 0.05) is 13.0 Å². The largest absolute Gasteiger partial charge is 0.494 e. The van der Waals surface area contributed by atoms with Crippen molar-refractivity contribution < 1.29 is 14.3 Å². The lowest BCUT2D eigenvalue weighted by Gasteiger charge is -2.34. The summed E-state index contributed by atoms with van der Waals surface area (Å²) in [6, 6.07) is 5.28. The van der Waals surface area contributed by atoms with Crippen molar-refractivity contribution in [1.29, 1.82) is 0 Å². The zero-order valence-electron chi connectivity index (χ0n) is 13.9. The number of nitrogens with one attached hydrogen (secondary N) is 1. The Morgan fingerprint density at radius 2 is 2.25 bits per heavy atom. The second-order valence-corrected chi connectivity index (χ2v) is 6.80. The van der Waals surface area contributed by atoms with Gasteiger partial charge in [-0.15, -0.1) is 0 Å². The average Bonchev–Trinajstić information content (AvgIpc) is 3.03. The third kappa shape index (κ3) is 3.21. The molecule has 1 unspecified atom stereocenters. The van der Waals surface area contributed by atoms with Crippen LogP contribution in [0.3, 0.4) is 0 Å². The maximum absolute atomic E-state index is 12.7. The highest BCUT2D eigenvalue weighted by Crippen LogP contribution is 2.32. The summed E-state index contributed by atoms with van der Waals surface area (Å²) in [5.41, 5.74) is 0.741. The van der Waals surface area contributed by atoms with Crippen LogP contribution in [0.1, 0.15) is 32.6 Å². The number of rotatable bonds is 4. The first-order chi connectivity index (χ1) is 11.6. The molecule has 1 aliphatic rings. The van der Waals surface area contributed by atoms with Crippen LogP contribution in [0.4, 0.5) is 5.13 Å². The first-order valence-corrected chi connectivity index (χ1v) is 8.99. The quantitative estimate of drug-likeness (QED) is 0.923. The zero-order chi connectivity index (χ0) is 17.1. The SMILES string of the molecule is CCC(=O)N1CCCCC1C(=O)Nc1nc2c(OC)cccc2s1. The molecule has 0 saturated carbocycles. The van der Waals surface area contributed by atoms with E-state index in [1.54, 1.807) is 12.0 Å². The van der Waals surface area contributed by atoms with Gasteiger partial charge in [0.1, 0.15) is 17.3 Å². The molecule has 1 aliphatic heterocycles. The highest BCUT2D eigenvalue weighted by molar-refractivity contribution is 7.22. The van der Waals surface area contributed by atoms with Crippen molar-refractivity contribution in [2.45, 2.75) is 38.6 Å². The number of carbonyl (C=O) groups is 2. The Balaban J connectivity index is 1.79. The van der Waals surface area contributed by atoms with Crippen molar-refractivity contribution in [2.24, 2.45) is 0 Å². The van der Waals surface area contributed by atoms with Crippen LogP contribution in [0.5, 0.6) is 5.75 Å². The Morgan fingerprint density at radius 1 is 1.42 bits per heavy atom. The molecule has 2 heterocycles. The normalized spacial score (nSPS) is 17.8. The molecular weight excluding hydrogens is 326 g/mol. The van der Waals surface area contributed by atoms with Crippen LogP contribution in [-0.2, 0) is 9.59 Å². The lowest BCUT2D eigenvalue weighted by Crippen LogP contribution is -2.49. The lowest BCUT2D eigenvalue weighted by atomic mass is 10.0. The molecule has 2 aromatic rings. The molecule has 1 N–H and O–H groups in total. The molecule has 1 atom stereocenters. The highest BCUT2D eigenvalue weighted by atomic mass is 32.1. The number of amides is 2. The predicted octanol–water partition coefficient (Wildman–Crippen LogP) is 3.03. The number of anilines is 1. The number of nitrogens with zero attached hydrogens (tertiary/aromatic N) is 2. The van der Waals surface area contributed by atoms with E-state index in [-0.39, 0.29) is 11.8 Å². The van der Waals surface area contributed by atoms with E-state index < -0.39 is 6.04 Å². The summed E-state index contributed by atoms with van der Waals surface area (Å²) in [5, 5.41) is 3.42. The molecule has 3 rings (SSSR count). The van der Waals surface area contributed by atoms with E-state index in [0.29, 0.717) is 30.3 Å². The summed E-state index contributed by atoms with van der Waals surface area (Å²) in [6.07, 6.45) is 3.03. The number of benzene rings is 1. The fraction of sp³-hybridized carbons (Fsp3) is 0.471. The molecule has 6 nitrogen and oxygen atoms in total. The van der Waals surface area contributed by atoms with Crippen molar-refractivity contribution in [3.63, 3.8) is 0 Å². The minimum Gasteiger partial charge on any atom is -0.494 e. The topological polar surface area (TPSA) is 71.5 Å². The second kappa shape index (κ2) is 7.17. The molecule has 2 amide bonds. The Morgan fingerprint density at radius 3 is 3.00 bits per heavy atom. The number of para-hydroxylation sites is 1. The van der Waals surface area contributed by atoms with Crippen LogP contribution in [0.2, 0.25) is 0 Å². The van der Waals surface area contributed by atoms with Crippen molar-refractivity contribution >= 4 is 38.5 Å². The molecule has 7 heteroatoms. The number of carbonyl (C=O) groups excluding carboxylic acids is 2. The standard InChI is InChI=1S/C17H21N3O3S/c1-3-14(21)20-10-5-4-7-11(20)16(22)19-17-18-15-12(23-2)8-6-9-13(15)24-17/h6,8-9,11H,3-5,7,10H2,1-2H3,(H,18,19,22). The predicted molar refractivity (Wildman–Crippen MR) is 94.4 cm³/mol. The number of methoxy groups -OCH3 is 1. The minimum atomic E-state index is -0.403. The molecular formula is C17H21N3O3S. The molecule has 1 aromatic carbocycles. The lowest BCUT2D eigenvalue weighted by molar-refractivity contribution is -0.140. The summed E-state index contributed by atoms with van der Waals surface area (Å²) >= 11 is 1.41. The van der Waals surface area contributed by atoms with E-state index in [2.05, 4.69) is 10.3 Å². The molecule has 1 aromatic heterocycles. The smallest absolute Gasteiger partial charge is 0.248 e. The third-order valence-corrected chi connectivity index (χ3v) is 5.20. The van der Waals surface area contributed by atoms with Crippen molar-refractivity contribution in [1.82, 2.24) is 9.88 Å². The van der Waals surface area contributed by atoms with E-state index in [4.69, 9.17) is 4.74 Å². The van der Waals surface area contributed by atoms with Gasteiger partial charge in [-0.2, -0.15) is 0 Å². The van der Waals surface area contributed by atoms with Crippen LogP contribution >= 0.6 is 11.3 Å². The van der Waals surface area contributed by atoms with Crippen LogP contribution in [0, 0.1) is 0 Å². The molecule has 0 bridgehead atoms. The first kappa shape index (κ1) is 16.7. The highest BCUT2D eigenvalue weighted by Gasteiger charge is 2.31. The Hall–Kier alpha value is -2.15. The van der Waals surface area contributed by atoms with Gasteiger partial charge < -0.3 is 15.0 Å². The van der Waals surface area contributed by atoms with E-state index >= 15 is 0 Å². The summed E-state index contributed by atoms with van der Waals surface area (Å²) in [7, 11) is 1.60. The maximum atomic E-state index is 12.7. The van der Waals surface area contributed by atoms with Crippen molar-refractivity contribution in [3.8, 4) is 5.75 Å². The van der Waals surface area contributed by atoms with Crippen LogP contribution in [0.15, 0.2) is 18.2 Å².